The molecule has 2 aromatic heterocycles. The molecule has 12 heteroatoms. The number of hydrogen-bond donors (Lipinski definition) is 1. The lowest BCUT2D eigenvalue weighted by Crippen LogP contribution is -2.29. The molecule has 0 radical (unpaired) electrons. The molecule has 3 aromatic rings. The van der Waals surface area contributed by atoms with E-state index >= 15 is 0 Å². The summed E-state index contributed by atoms with van der Waals surface area (Å²) in [6.07, 6.45) is 4.10. The minimum atomic E-state index is -3.53. The summed E-state index contributed by atoms with van der Waals surface area (Å²) in [4.78, 5) is 24.9. The molecule has 1 amide bonds. The van der Waals surface area contributed by atoms with E-state index in [0.717, 1.165) is 6.26 Å². The van der Waals surface area contributed by atoms with Gasteiger partial charge in [0.05, 0.1) is 10.9 Å². The number of amides is 1. The first-order chi connectivity index (χ1) is 13.1. The second kappa shape index (κ2) is 7.82. The largest absolute Gasteiger partial charge is 0.342 e. The summed E-state index contributed by atoms with van der Waals surface area (Å²) in [6, 6.07) is 4.90. The molecular formula is C16H14Cl2N6O3S. The van der Waals surface area contributed by atoms with E-state index in [2.05, 4.69) is 25.4 Å². The topological polar surface area (TPSA) is 120 Å². The van der Waals surface area contributed by atoms with Crippen LogP contribution >= 0.6 is 23.2 Å². The summed E-state index contributed by atoms with van der Waals surface area (Å²) in [5.74, 6) is -0.00501. The molecule has 1 atom stereocenters. The van der Waals surface area contributed by atoms with Crippen molar-refractivity contribution in [3.63, 3.8) is 0 Å². The molecule has 0 bridgehead atoms. The second-order valence-electron chi connectivity index (χ2n) is 5.84. The van der Waals surface area contributed by atoms with Gasteiger partial charge in [-0.2, -0.15) is 9.67 Å². The van der Waals surface area contributed by atoms with Crippen molar-refractivity contribution in [1.82, 2.24) is 30.0 Å². The molecule has 3 rings (SSSR count). The van der Waals surface area contributed by atoms with Crippen molar-refractivity contribution in [3.05, 3.63) is 58.4 Å². The molecular weight excluding hydrogens is 427 g/mol. The molecule has 28 heavy (non-hydrogen) atoms. The van der Waals surface area contributed by atoms with E-state index in [1.807, 2.05) is 0 Å². The number of aromatic nitrogens is 5. The zero-order chi connectivity index (χ0) is 20.5. The SMILES string of the molecule is CC(NC(=O)c1cc(Cl)cc(S(C)(=O)=O)c1)c1nc(Cl)nn1-c1ncccn1. The number of nitrogens with one attached hydrogen (secondary N) is 1. The molecule has 1 N–H and O–H groups in total. The lowest BCUT2D eigenvalue weighted by Gasteiger charge is -2.14. The van der Waals surface area contributed by atoms with Crippen LogP contribution in [0.5, 0.6) is 0 Å². The lowest BCUT2D eigenvalue weighted by molar-refractivity contribution is 0.0937. The molecule has 1 aromatic carbocycles. The van der Waals surface area contributed by atoms with Gasteiger partial charge in [0.1, 0.15) is 0 Å². The van der Waals surface area contributed by atoms with Gasteiger partial charge in [-0.25, -0.2) is 18.4 Å². The van der Waals surface area contributed by atoms with Crippen molar-refractivity contribution in [2.75, 3.05) is 6.26 Å². The molecule has 0 aliphatic rings. The van der Waals surface area contributed by atoms with Crippen LogP contribution in [0.25, 0.3) is 5.95 Å². The fraction of sp³-hybridized carbons (Fsp3) is 0.188. The smallest absolute Gasteiger partial charge is 0.252 e. The Bertz CT molecular complexity index is 1130. The van der Waals surface area contributed by atoms with Gasteiger partial charge in [0.15, 0.2) is 15.7 Å². The number of sulfone groups is 1. The van der Waals surface area contributed by atoms with E-state index in [4.69, 9.17) is 23.2 Å². The highest BCUT2D eigenvalue weighted by molar-refractivity contribution is 7.90. The Balaban J connectivity index is 1.90. The number of halogens is 2. The van der Waals surface area contributed by atoms with Gasteiger partial charge in [-0.05, 0) is 42.8 Å². The van der Waals surface area contributed by atoms with E-state index in [1.165, 1.54) is 35.3 Å². The molecule has 146 valence electrons. The summed E-state index contributed by atoms with van der Waals surface area (Å²) < 4.78 is 24.8. The molecule has 2 heterocycles. The normalized spacial score (nSPS) is 12.6. The summed E-state index contributed by atoms with van der Waals surface area (Å²) in [6.45, 7) is 1.67. The van der Waals surface area contributed by atoms with Crippen molar-refractivity contribution in [3.8, 4) is 5.95 Å². The third kappa shape index (κ3) is 4.46. The number of benzene rings is 1. The second-order valence-corrected chi connectivity index (χ2v) is 8.63. The minimum Gasteiger partial charge on any atom is -0.342 e. The number of nitrogens with zero attached hydrogens (tertiary/aromatic N) is 5. The number of carbonyl (C=O) groups excluding carboxylic acids is 1. The van der Waals surface area contributed by atoms with Crippen molar-refractivity contribution < 1.29 is 13.2 Å². The Kier molecular flexibility index (Phi) is 5.64. The highest BCUT2D eigenvalue weighted by Gasteiger charge is 2.22. The van der Waals surface area contributed by atoms with E-state index < -0.39 is 21.8 Å². The molecule has 0 saturated heterocycles. The van der Waals surface area contributed by atoms with Gasteiger partial charge in [-0.3, -0.25) is 4.79 Å². The predicted molar refractivity (Wildman–Crippen MR) is 102 cm³/mol. The van der Waals surface area contributed by atoms with Crippen molar-refractivity contribution in [2.45, 2.75) is 17.9 Å². The molecule has 0 aliphatic carbocycles. The molecule has 0 aliphatic heterocycles. The van der Waals surface area contributed by atoms with Gasteiger partial charge in [0.25, 0.3) is 11.9 Å². The number of carbonyl (C=O) groups is 1. The van der Waals surface area contributed by atoms with Gasteiger partial charge in [-0.15, -0.1) is 5.10 Å². The van der Waals surface area contributed by atoms with Crippen LogP contribution in [0.2, 0.25) is 10.3 Å². The van der Waals surface area contributed by atoms with E-state index in [1.54, 1.807) is 13.0 Å². The number of rotatable bonds is 5. The molecule has 0 spiro atoms. The van der Waals surface area contributed by atoms with Crippen LogP contribution < -0.4 is 5.32 Å². The minimum absolute atomic E-state index is 0.0364. The quantitative estimate of drug-likeness (QED) is 0.645. The summed E-state index contributed by atoms with van der Waals surface area (Å²) >= 11 is 11.9. The standard InChI is InChI=1S/C16H14Cl2N6O3S/c1-9(13-22-15(18)23-24(13)16-19-4-3-5-20-16)21-14(25)10-6-11(17)8-12(7-10)28(2,26)27/h3-9H,1-2H3,(H,21,25). The molecule has 9 nitrogen and oxygen atoms in total. The number of hydrogen-bond acceptors (Lipinski definition) is 7. The Morgan fingerprint density at radius 3 is 2.50 bits per heavy atom. The predicted octanol–water partition coefficient (Wildman–Crippen LogP) is 2.26. The third-order valence-corrected chi connectivity index (χ3v) is 5.11. The van der Waals surface area contributed by atoms with E-state index in [-0.39, 0.29) is 26.7 Å². The van der Waals surface area contributed by atoms with Gasteiger partial charge in [0, 0.05) is 29.2 Å². The fourth-order valence-corrected chi connectivity index (χ4v) is 3.52. The van der Waals surface area contributed by atoms with Crippen LogP contribution in [-0.2, 0) is 9.84 Å². The Labute approximate surface area is 170 Å². The van der Waals surface area contributed by atoms with E-state index in [0.29, 0.717) is 5.82 Å². The maximum atomic E-state index is 12.6. The maximum absolute atomic E-state index is 12.6. The van der Waals surface area contributed by atoms with Gasteiger partial charge in [-0.1, -0.05) is 11.6 Å². The molecule has 0 saturated carbocycles. The van der Waals surface area contributed by atoms with Gasteiger partial charge in [0.2, 0.25) is 5.28 Å². The van der Waals surface area contributed by atoms with Crippen LogP contribution in [0.15, 0.2) is 41.6 Å². The van der Waals surface area contributed by atoms with Gasteiger partial charge < -0.3 is 5.32 Å². The lowest BCUT2D eigenvalue weighted by atomic mass is 10.2. The first-order valence-electron chi connectivity index (χ1n) is 7.86. The van der Waals surface area contributed by atoms with Crippen molar-refractivity contribution in [1.29, 1.82) is 0 Å². The van der Waals surface area contributed by atoms with E-state index in [9.17, 15) is 13.2 Å². The Morgan fingerprint density at radius 1 is 1.18 bits per heavy atom. The summed E-state index contributed by atoms with van der Waals surface area (Å²) in [7, 11) is -3.53. The average molecular weight is 441 g/mol. The van der Waals surface area contributed by atoms with Crippen LogP contribution in [-0.4, -0.2) is 45.3 Å². The fourth-order valence-electron chi connectivity index (χ4n) is 2.38. The first-order valence-corrected chi connectivity index (χ1v) is 10.5. The zero-order valence-corrected chi connectivity index (χ0v) is 17.0. The monoisotopic (exact) mass is 440 g/mol. The highest BCUT2D eigenvalue weighted by atomic mass is 35.5. The summed E-state index contributed by atoms with van der Waals surface area (Å²) in [5, 5.41) is 6.84. The van der Waals surface area contributed by atoms with Crippen LogP contribution in [0.3, 0.4) is 0 Å². The summed E-state index contributed by atoms with van der Waals surface area (Å²) in [5.41, 5.74) is 0.0906. The highest BCUT2D eigenvalue weighted by Crippen LogP contribution is 2.21. The van der Waals surface area contributed by atoms with Crippen LogP contribution in [0.1, 0.15) is 29.1 Å². The molecule has 0 fully saturated rings. The van der Waals surface area contributed by atoms with Crippen molar-refractivity contribution in [2.24, 2.45) is 0 Å². The third-order valence-electron chi connectivity index (χ3n) is 3.64. The zero-order valence-electron chi connectivity index (χ0n) is 14.7. The average Bonchev–Trinajstić information content (AvgIpc) is 3.03. The first kappa shape index (κ1) is 20.2. The van der Waals surface area contributed by atoms with Crippen molar-refractivity contribution >= 4 is 38.9 Å². The van der Waals surface area contributed by atoms with Gasteiger partial charge >= 0.3 is 0 Å². The Hall–Kier alpha value is -2.56. The van der Waals surface area contributed by atoms with Crippen LogP contribution in [0, 0.1) is 0 Å². The maximum Gasteiger partial charge on any atom is 0.252 e. The van der Waals surface area contributed by atoms with Crippen LogP contribution in [0.4, 0.5) is 0 Å². The Morgan fingerprint density at radius 2 is 1.86 bits per heavy atom. The molecule has 1 unspecified atom stereocenters.